The Morgan fingerprint density at radius 3 is 2.70 bits per heavy atom. The van der Waals surface area contributed by atoms with E-state index in [1.54, 1.807) is 6.07 Å². The number of halogens is 1. The molecule has 0 spiro atoms. The second-order valence-electron chi connectivity index (χ2n) is 5.80. The molecule has 8 heteroatoms. The van der Waals surface area contributed by atoms with E-state index in [-0.39, 0.29) is 18.3 Å². The number of benzene rings is 1. The van der Waals surface area contributed by atoms with E-state index in [1.165, 1.54) is 23.5 Å². The molecule has 0 aliphatic carbocycles. The van der Waals surface area contributed by atoms with Crippen LogP contribution in [0.1, 0.15) is 5.56 Å². The van der Waals surface area contributed by atoms with Crippen molar-refractivity contribution in [2.75, 3.05) is 39.5 Å². The molecule has 1 atom stereocenters. The van der Waals surface area contributed by atoms with Gasteiger partial charge < -0.3 is 5.32 Å². The van der Waals surface area contributed by atoms with Crippen LogP contribution in [0, 0.1) is 11.7 Å². The van der Waals surface area contributed by atoms with E-state index in [0.29, 0.717) is 26.2 Å². The van der Waals surface area contributed by atoms with Crippen LogP contribution in [0.2, 0.25) is 0 Å². The third kappa shape index (κ3) is 4.98. The first-order valence-corrected chi connectivity index (χ1v) is 9.28. The number of sulfonamides is 1. The van der Waals surface area contributed by atoms with Gasteiger partial charge in [-0.3, -0.25) is 9.69 Å². The highest BCUT2D eigenvalue weighted by Crippen LogP contribution is 2.16. The lowest BCUT2D eigenvalue weighted by Crippen LogP contribution is -2.41. The van der Waals surface area contributed by atoms with E-state index < -0.39 is 15.9 Å². The number of nitrogens with zero attached hydrogens (tertiary/aromatic N) is 2. The number of hydrogen-bond acceptors (Lipinski definition) is 4. The maximum Gasteiger partial charge on any atom is 0.225 e. The van der Waals surface area contributed by atoms with Crippen molar-refractivity contribution >= 4 is 15.9 Å². The summed E-state index contributed by atoms with van der Waals surface area (Å²) in [6, 6.07) is 6.29. The Hall–Kier alpha value is -1.51. The summed E-state index contributed by atoms with van der Waals surface area (Å²) in [5.41, 5.74) is 0.800. The number of hydrogen-bond donors (Lipinski definition) is 1. The topological polar surface area (TPSA) is 69.7 Å². The minimum absolute atomic E-state index is 0.165. The molecule has 0 aromatic heterocycles. The number of rotatable bonds is 4. The summed E-state index contributed by atoms with van der Waals surface area (Å²) in [7, 11) is -1.82. The number of carbonyl (C=O) groups excluding carboxylic acids is 1. The zero-order valence-electron chi connectivity index (χ0n) is 13.3. The van der Waals surface area contributed by atoms with Gasteiger partial charge in [0.15, 0.2) is 0 Å². The molecular weight excluding hydrogens is 321 g/mol. The third-order valence-corrected chi connectivity index (χ3v) is 5.22. The first-order chi connectivity index (χ1) is 10.8. The highest BCUT2D eigenvalue weighted by atomic mass is 32.2. The molecule has 1 aromatic carbocycles. The molecule has 0 unspecified atom stereocenters. The van der Waals surface area contributed by atoms with Crippen molar-refractivity contribution < 1.29 is 17.6 Å². The lowest BCUT2D eigenvalue weighted by atomic mass is 10.1. The molecule has 6 nitrogen and oxygen atoms in total. The van der Waals surface area contributed by atoms with E-state index in [0.717, 1.165) is 11.8 Å². The summed E-state index contributed by atoms with van der Waals surface area (Å²) in [5.74, 6) is -0.950. The van der Waals surface area contributed by atoms with E-state index in [4.69, 9.17) is 0 Å². The Bertz CT molecular complexity index is 666. The molecule has 1 aliphatic rings. The second-order valence-corrected chi connectivity index (χ2v) is 7.78. The number of amides is 1. The minimum Gasteiger partial charge on any atom is -0.359 e. The molecule has 1 aromatic rings. The van der Waals surface area contributed by atoms with Crippen molar-refractivity contribution in [3.8, 4) is 0 Å². The van der Waals surface area contributed by atoms with Gasteiger partial charge in [-0.2, -0.15) is 0 Å². The third-order valence-electron chi connectivity index (χ3n) is 3.95. The standard InChI is InChI=1S/C15H22FN3O3S/c1-17-15(20)13-10-18(6-7-19(11-13)23(2,21)22)9-12-4-3-5-14(16)8-12/h3-5,8,13H,6-7,9-11H2,1-2H3,(H,17,20)/t13-/m1/s1. The van der Waals surface area contributed by atoms with E-state index in [2.05, 4.69) is 5.32 Å². The quantitative estimate of drug-likeness (QED) is 0.852. The Balaban J connectivity index is 2.16. The average molecular weight is 343 g/mol. The molecule has 128 valence electrons. The Morgan fingerprint density at radius 1 is 1.35 bits per heavy atom. The van der Waals surface area contributed by atoms with Crippen molar-refractivity contribution in [1.82, 2.24) is 14.5 Å². The monoisotopic (exact) mass is 343 g/mol. The van der Waals surface area contributed by atoms with Gasteiger partial charge in [-0.1, -0.05) is 12.1 Å². The summed E-state index contributed by atoms with van der Waals surface area (Å²) in [6.45, 7) is 1.89. The molecular formula is C15H22FN3O3S. The zero-order valence-corrected chi connectivity index (χ0v) is 14.1. The average Bonchev–Trinajstić information content (AvgIpc) is 2.69. The van der Waals surface area contributed by atoms with Crippen LogP contribution in [0.5, 0.6) is 0 Å². The van der Waals surface area contributed by atoms with Crippen LogP contribution in [-0.2, 0) is 21.4 Å². The van der Waals surface area contributed by atoms with Gasteiger partial charge in [0, 0.05) is 39.8 Å². The molecule has 1 saturated heterocycles. The van der Waals surface area contributed by atoms with Crippen molar-refractivity contribution in [2.45, 2.75) is 6.54 Å². The Morgan fingerprint density at radius 2 is 2.09 bits per heavy atom. The van der Waals surface area contributed by atoms with Crippen LogP contribution < -0.4 is 5.32 Å². The summed E-state index contributed by atoms with van der Waals surface area (Å²) >= 11 is 0. The van der Waals surface area contributed by atoms with Gasteiger partial charge in [0.25, 0.3) is 0 Å². The van der Waals surface area contributed by atoms with Crippen molar-refractivity contribution in [1.29, 1.82) is 0 Å². The smallest absolute Gasteiger partial charge is 0.225 e. The Kier molecular flexibility index (Phi) is 5.72. The van der Waals surface area contributed by atoms with Gasteiger partial charge in [0.2, 0.25) is 15.9 Å². The largest absolute Gasteiger partial charge is 0.359 e. The van der Waals surface area contributed by atoms with Gasteiger partial charge in [0.1, 0.15) is 5.82 Å². The van der Waals surface area contributed by atoms with Gasteiger partial charge in [0.05, 0.1) is 12.2 Å². The molecule has 23 heavy (non-hydrogen) atoms. The minimum atomic E-state index is -3.36. The van der Waals surface area contributed by atoms with Crippen molar-refractivity contribution in [3.63, 3.8) is 0 Å². The van der Waals surface area contributed by atoms with Crippen LogP contribution in [0.3, 0.4) is 0 Å². The van der Waals surface area contributed by atoms with Gasteiger partial charge in [-0.25, -0.2) is 17.1 Å². The van der Waals surface area contributed by atoms with E-state index >= 15 is 0 Å². The first kappa shape index (κ1) is 17.8. The van der Waals surface area contributed by atoms with Gasteiger partial charge >= 0.3 is 0 Å². The summed E-state index contributed by atoms with van der Waals surface area (Å²) in [4.78, 5) is 14.0. The van der Waals surface area contributed by atoms with Crippen LogP contribution in [0.15, 0.2) is 24.3 Å². The lowest BCUT2D eigenvalue weighted by Gasteiger charge is -2.23. The molecule has 1 amide bonds. The molecule has 1 N–H and O–H groups in total. The molecule has 1 fully saturated rings. The van der Waals surface area contributed by atoms with Gasteiger partial charge in [-0.05, 0) is 17.7 Å². The predicted molar refractivity (Wildman–Crippen MR) is 85.7 cm³/mol. The van der Waals surface area contributed by atoms with Crippen LogP contribution in [-0.4, -0.2) is 63.0 Å². The first-order valence-electron chi connectivity index (χ1n) is 7.43. The summed E-state index contributed by atoms with van der Waals surface area (Å²) in [5, 5.41) is 2.58. The van der Waals surface area contributed by atoms with Crippen LogP contribution in [0.25, 0.3) is 0 Å². The highest BCUT2D eigenvalue weighted by Gasteiger charge is 2.31. The lowest BCUT2D eigenvalue weighted by molar-refractivity contribution is -0.125. The maximum absolute atomic E-state index is 13.3. The fourth-order valence-corrected chi connectivity index (χ4v) is 3.62. The molecule has 2 rings (SSSR count). The molecule has 0 saturated carbocycles. The Labute approximate surface area is 136 Å². The maximum atomic E-state index is 13.3. The zero-order chi connectivity index (χ0) is 17.0. The van der Waals surface area contributed by atoms with Gasteiger partial charge in [-0.15, -0.1) is 0 Å². The van der Waals surface area contributed by atoms with Crippen LogP contribution >= 0.6 is 0 Å². The molecule has 0 radical (unpaired) electrons. The normalized spacial score (nSPS) is 20.9. The highest BCUT2D eigenvalue weighted by molar-refractivity contribution is 7.88. The predicted octanol–water partition coefficient (Wildman–Crippen LogP) is 0.265. The number of nitrogens with one attached hydrogen (secondary N) is 1. The molecule has 1 heterocycles. The molecule has 1 aliphatic heterocycles. The fraction of sp³-hybridized carbons (Fsp3) is 0.533. The summed E-state index contributed by atoms with van der Waals surface area (Å²) < 4.78 is 38.3. The summed E-state index contributed by atoms with van der Waals surface area (Å²) in [6.07, 6.45) is 1.15. The number of carbonyl (C=O) groups is 1. The van der Waals surface area contributed by atoms with E-state index in [9.17, 15) is 17.6 Å². The van der Waals surface area contributed by atoms with Crippen LogP contribution in [0.4, 0.5) is 4.39 Å². The fourth-order valence-electron chi connectivity index (χ4n) is 2.76. The second kappa shape index (κ2) is 7.37. The van der Waals surface area contributed by atoms with E-state index in [1.807, 2.05) is 11.0 Å². The molecule has 0 bridgehead atoms. The van der Waals surface area contributed by atoms with Crippen molar-refractivity contribution in [2.24, 2.45) is 5.92 Å². The van der Waals surface area contributed by atoms with Crippen molar-refractivity contribution in [3.05, 3.63) is 35.6 Å². The SMILES string of the molecule is CNC(=O)[C@@H]1CN(Cc2cccc(F)c2)CCN(S(C)(=O)=O)C1.